The smallest absolute Gasteiger partial charge is 0.236 e. The minimum atomic E-state index is 0.251. The van der Waals surface area contributed by atoms with Crippen LogP contribution in [0.3, 0.4) is 0 Å². The zero-order valence-corrected chi connectivity index (χ0v) is 14.0. The van der Waals surface area contributed by atoms with Gasteiger partial charge in [0.05, 0.1) is 13.2 Å². The van der Waals surface area contributed by atoms with Gasteiger partial charge in [-0.3, -0.25) is 9.69 Å². The van der Waals surface area contributed by atoms with E-state index in [0.717, 1.165) is 31.7 Å². The zero-order chi connectivity index (χ0) is 15.9. The Kier molecular flexibility index (Phi) is 6.25. The number of likely N-dealkylation sites (tertiary alicyclic amines) is 1. The molecule has 0 radical (unpaired) electrons. The number of piperidine rings is 1. The molecule has 1 aromatic rings. The summed E-state index contributed by atoms with van der Waals surface area (Å²) in [6, 6.07) is 8.49. The Morgan fingerprint density at radius 1 is 1.32 bits per heavy atom. The molecule has 0 N–H and O–H groups in total. The topological polar surface area (TPSA) is 32.8 Å². The van der Waals surface area contributed by atoms with Crippen LogP contribution in [0.4, 0.5) is 0 Å². The number of hydrogen-bond acceptors (Lipinski definition) is 3. The molecule has 122 valence electrons. The third-order valence-electron chi connectivity index (χ3n) is 4.22. The molecule has 1 aromatic carbocycles. The second kappa shape index (κ2) is 8.18. The van der Waals surface area contributed by atoms with Crippen LogP contribution in [-0.2, 0) is 11.3 Å². The molecular weight excluding hydrogens is 276 g/mol. The normalized spacial score (nSPS) is 18.5. The van der Waals surface area contributed by atoms with Crippen molar-refractivity contribution in [3.05, 3.63) is 29.8 Å². The molecule has 1 amide bonds. The lowest BCUT2D eigenvalue weighted by Gasteiger charge is -2.34. The van der Waals surface area contributed by atoms with Crippen molar-refractivity contribution >= 4 is 5.91 Å². The van der Waals surface area contributed by atoms with E-state index in [1.54, 1.807) is 0 Å². The molecule has 22 heavy (non-hydrogen) atoms. The molecule has 0 aromatic heterocycles. The molecule has 0 bridgehead atoms. The van der Waals surface area contributed by atoms with Gasteiger partial charge < -0.3 is 9.64 Å². The third kappa shape index (κ3) is 4.73. The van der Waals surface area contributed by atoms with Gasteiger partial charge in [-0.1, -0.05) is 12.1 Å². The molecule has 2 rings (SSSR count). The first-order chi connectivity index (χ1) is 10.6. The summed E-state index contributed by atoms with van der Waals surface area (Å²) in [6.07, 6.45) is 3.51. The number of ether oxygens (including phenoxy) is 1. The largest absolute Gasteiger partial charge is 0.494 e. The van der Waals surface area contributed by atoms with Crippen LogP contribution in [0.1, 0.15) is 38.7 Å². The lowest BCUT2D eigenvalue weighted by molar-refractivity contribution is -0.135. The molecule has 1 heterocycles. The Morgan fingerprint density at radius 2 is 2.05 bits per heavy atom. The van der Waals surface area contributed by atoms with Crippen LogP contribution in [0.2, 0.25) is 0 Å². The van der Waals surface area contributed by atoms with Crippen LogP contribution in [0.15, 0.2) is 24.3 Å². The summed E-state index contributed by atoms with van der Waals surface area (Å²) < 4.78 is 5.45. The predicted molar refractivity (Wildman–Crippen MR) is 89.0 cm³/mol. The highest BCUT2D eigenvalue weighted by molar-refractivity contribution is 5.78. The Hall–Kier alpha value is -1.55. The van der Waals surface area contributed by atoms with Gasteiger partial charge in [0, 0.05) is 19.1 Å². The van der Waals surface area contributed by atoms with Crippen LogP contribution in [0.5, 0.6) is 5.75 Å². The Labute approximate surface area is 134 Å². The zero-order valence-electron chi connectivity index (χ0n) is 14.0. The van der Waals surface area contributed by atoms with Gasteiger partial charge in [0.2, 0.25) is 5.91 Å². The second-order valence-corrected chi connectivity index (χ2v) is 6.18. The molecule has 1 aliphatic heterocycles. The van der Waals surface area contributed by atoms with Crippen LogP contribution in [0, 0.1) is 0 Å². The van der Waals surface area contributed by atoms with Gasteiger partial charge in [-0.2, -0.15) is 0 Å². The van der Waals surface area contributed by atoms with Crippen LogP contribution in [0.25, 0.3) is 0 Å². The molecule has 1 saturated heterocycles. The van der Waals surface area contributed by atoms with E-state index in [1.807, 2.05) is 31.0 Å². The van der Waals surface area contributed by atoms with Crippen LogP contribution >= 0.6 is 0 Å². The van der Waals surface area contributed by atoms with Crippen molar-refractivity contribution in [2.75, 3.05) is 26.7 Å². The van der Waals surface area contributed by atoms with E-state index in [4.69, 9.17) is 4.74 Å². The second-order valence-electron chi connectivity index (χ2n) is 6.18. The van der Waals surface area contributed by atoms with Gasteiger partial charge in [0.1, 0.15) is 5.75 Å². The minimum Gasteiger partial charge on any atom is -0.494 e. The number of carbonyl (C=O) groups excluding carboxylic acids is 1. The molecule has 4 nitrogen and oxygen atoms in total. The maximum absolute atomic E-state index is 12.4. The average Bonchev–Trinajstić information content (AvgIpc) is 2.50. The number of hydrogen-bond donors (Lipinski definition) is 0. The quantitative estimate of drug-likeness (QED) is 0.810. The van der Waals surface area contributed by atoms with E-state index in [2.05, 4.69) is 24.0 Å². The molecule has 1 unspecified atom stereocenters. The number of rotatable bonds is 6. The number of likely N-dealkylation sites (N-methyl/N-ethyl adjacent to an activating group) is 1. The maximum Gasteiger partial charge on any atom is 0.236 e. The first-order valence-electron chi connectivity index (χ1n) is 8.30. The SMILES string of the molecule is CCOc1ccc(CN(C)CC(=O)N2CCCCC2C)cc1. The first kappa shape index (κ1) is 16.8. The highest BCUT2D eigenvalue weighted by Crippen LogP contribution is 2.17. The van der Waals surface area contributed by atoms with E-state index < -0.39 is 0 Å². The molecule has 4 heteroatoms. The van der Waals surface area contributed by atoms with Crippen molar-refractivity contribution < 1.29 is 9.53 Å². The Bertz CT molecular complexity index is 472. The van der Waals surface area contributed by atoms with Gasteiger partial charge in [-0.15, -0.1) is 0 Å². The first-order valence-corrected chi connectivity index (χ1v) is 8.30. The molecular formula is C18H28N2O2. The van der Waals surface area contributed by atoms with Gasteiger partial charge in [-0.05, 0) is 57.9 Å². The molecule has 0 aliphatic carbocycles. The summed E-state index contributed by atoms with van der Waals surface area (Å²) in [5, 5.41) is 0. The summed E-state index contributed by atoms with van der Waals surface area (Å²) in [7, 11) is 2.00. The van der Waals surface area contributed by atoms with Gasteiger partial charge in [-0.25, -0.2) is 0 Å². The maximum atomic E-state index is 12.4. The monoisotopic (exact) mass is 304 g/mol. The van der Waals surface area contributed by atoms with Crippen LogP contribution in [-0.4, -0.2) is 48.5 Å². The fourth-order valence-electron chi connectivity index (χ4n) is 3.02. The van der Waals surface area contributed by atoms with E-state index in [0.29, 0.717) is 19.2 Å². The fraction of sp³-hybridized carbons (Fsp3) is 0.611. The van der Waals surface area contributed by atoms with Crippen molar-refractivity contribution in [3.63, 3.8) is 0 Å². The van der Waals surface area contributed by atoms with Crippen molar-refractivity contribution in [3.8, 4) is 5.75 Å². The number of nitrogens with zero attached hydrogens (tertiary/aromatic N) is 2. The number of benzene rings is 1. The molecule has 0 spiro atoms. The number of amides is 1. The lowest BCUT2D eigenvalue weighted by atomic mass is 10.0. The van der Waals surface area contributed by atoms with E-state index >= 15 is 0 Å². The van der Waals surface area contributed by atoms with Crippen molar-refractivity contribution in [2.45, 2.75) is 45.7 Å². The average molecular weight is 304 g/mol. The summed E-state index contributed by atoms with van der Waals surface area (Å²) in [5.74, 6) is 1.15. The van der Waals surface area contributed by atoms with Gasteiger partial charge in [0.25, 0.3) is 0 Å². The molecule has 1 aliphatic rings. The summed E-state index contributed by atoms with van der Waals surface area (Å²) in [4.78, 5) is 16.5. The third-order valence-corrected chi connectivity index (χ3v) is 4.22. The van der Waals surface area contributed by atoms with Gasteiger partial charge in [0.15, 0.2) is 0 Å². The van der Waals surface area contributed by atoms with Gasteiger partial charge >= 0.3 is 0 Å². The highest BCUT2D eigenvalue weighted by Gasteiger charge is 2.23. The van der Waals surface area contributed by atoms with E-state index in [-0.39, 0.29) is 5.91 Å². The van der Waals surface area contributed by atoms with Crippen molar-refractivity contribution in [1.29, 1.82) is 0 Å². The number of carbonyl (C=O) groups is 1. The Morgan fingerprint density at radius 3 is 2.68 bits per heavy atom. The summed E-state index contributed by atoms with van der Waals surface area (Å²) in [6.45, 7) is 7.00. The van der Waals surface area contributed by atoms with Crippen molar-refractivity contribution in [1.82, 2.24) is 9.80 Å². The highest BCUT2D eigenvalue weighted by atomic mass is 16.5. The molecule has 0 saturated carbocycles. The van der Waals surface area contributed by atoms with Crippen LogP contribution < -0.4 is 4.74 Å². The standard InChI is InChI=1S/C18H28N2O2/c1-4-22-17-10-8-16(9-11-17)13-19(3)14-18(21)20-12-6-5-7-15(20)2/h8-11,15H,4-7,12-14H2,1-3H3. The fourth-order valence-corrected chi connectivity index (χ4v) is 3.02. The van der Waals surface area contributed by atoms with E-state index in [9.17, 15) is 4.79 Å². The summed E-state index contributed by atoms with van der Waals surface area (Å²) >= 11 is 0. The summed E-state index contributed by atoms with van der Waals surface area (Å²) in [5.41, 5.74) is 1.20. The Balaban J connectivity index is 1.83. The molecule has 1 atom stereocenters. The molecule has 1 fully saturated rings. The predicted octanol–water partition coefficient (Wildman–Crippen LogP) is 2.92. The lowest BCUT2D eigenvalue weighted by Crippen LogP contribution is -2.46. The minimum absolute atomic E-state index is 0.251. The van der Waals surface area contributed by atoms with E-state index in [1.165, 1.54) is 12.0 Å². The van der Waals surface area contributed by atoms with Crippen molar-refractivity contribution in [2.24, 2.45) is 0 Å².